The highest BCUT2D eigenvalue weighted by Gasteiger charge is 2.10. The summed E-state index contributed by atoms with van der Waals surface area (Å²) in [5, 5.41) is 3.35. The monoisotopic (exact) mass is 259 g/mol. The van der Waals surface area contributed by atoms with E-state index >= 15 is 0 Å². The van der Waals surface area contributed by atoms with Crippen molar-refractivity contribution in [1.82, 2.24) is 9.55 Å². The Balaban J connectivity index is 2.31. The second kappa shape index (κ2) is 5.78. The fraction of sp³-hybridized carbons (Fsp3) is 0.400. The molecule has 19 heavy (non-hydrogen) atoms. The first-order valence-corrected chi connectivity index (χ1v) is 6.66. The van der Waals surface area contributed by atoms with E-state index in [1.165, 1.54) is 0 Å². The quantitative estimate of drug-likeness (QED) is 0.884. The maximum absolute atomic E-state index is 5.62. The van der Waals surface area contributed by atoms with E-state index in [4.69, 9.17) is 4.74 Å². The summed E-state index contributed by atoms with van der Waals surface area (Å²) in [4.78, 5) is 4.52. The fourth-order valence-electron chi connectivity index (χ4n) is 1.97. The van der Waals surface area contributed by atoms with Gasteiger partial charge in [-0.25, -0.2) is 4.98 Å². The van der Waals surface area contributed by atoms with E-state index in [-0.39, 0.29) is 0 Å². The molecule has 0 fully saturated rings. The van der Waals surface area contributed by atoms with Crippen molar-refractivity contribution in [3.63, 3.8) is 0 Å². The number of para-hydroxylation sites is 2. The summed E-state index contributed by atoms with van der Waals surface area (Å²) in [6.07, 6.45) is 2.05. The molecule has 0 amide bonds. The lowest BCUT2D eigenvalue weighted by Crippen LogP contribution is -2.06. The minimum absolute atomic E-state index is 0.364. The van der Waals surface area contributed by atoms with Crippen LogP contribution in [0.15, 0.2) is 30.5 Å². The number of anilines is 2. The van der Waals surface area contributed by atoms with Gasteiger partial charge in [-0.15, -0.1) is 0 Å². The number of ether oxygens (including phenoxy) is 1. The first-order chi connectivity index (χ1) is 9.11. The van der Waals surface area contributed by atoms with Crippen molar-refractivity contribution in [2.24, 2.45) is 0 Å². The van der Waals surface area contributed by atoms with Gasteiger partial charge in [0.1, 0.15) is 5.75 Å². The van der Waals surface area contributed by atoms with Gasteiger partial charge in [-0.2, -0.15) is 0 Å². The summed E-state index contributed by atoms with van der Waals surface area (Å²) in [7, 11) is 0. The van der Waals surface area contributed by atoms with Crippen molar-refractivity contribution in [3.8, 4) is 5.75 Å². The third kappa shape index (κ3) is 3.08. The van der Waals surface area contributed by atoms with Crippen LogP contribution in [-0.4, -0.2) is 16.2 Å². The van der Waals surface area contributed by atoms with Crippen LogP contribution in [0, 0.1) is 6.92 Å². The van der Waals surface area contributed by atoms with Crippen molar-refractivity contribution in [2.75, 3.05) is 11.9 Å². The molecule has 4 nitrogen and oxygen atoms in total. The molecule has 1 N–H and O–H groups in total. The average molecular weight is 259 g/mol. The van der Waals surface area contributed by atoms with Gasteiger partial charge >= 0.3 is 0 Å². The molecule has 0 aliphatic rings. The summed E-state index contributed by atoms with van der Waals surface area (Å²) >= 11 is 0. The molecular formula is C15H21N3O. The molecule has 2 aromatic rings. The average Bonchev–Trinajstić information content (AvgIpc) is 2.73. The van der Waals surface area contributed by atoms with Crippen LogP contribution in [-0.2, 0) is 0 Å². The minimum atomic E-state index is 0.364. The molecule has 0 aliphatic carbocycles. The molecule has 2 rings (SSSR count). The standard InChI is InChI=1S/C15H21N3O/c1-5-19-14-9-7-6-8-13(14)17-15-16-12(4)10-18(15)11(2)3/h6-11H,5H2,1-4H3,(H,16,17). The summed E-state index contributed by atoms with van der Waals surface area (Å²) in [6, 6.07) is 8.28. The van der Waals surface area contributed by atoms with E-state index in [1.807, 2.05) is 38.1 Å². The van der Waals surface area contributed by atoms with E-state index in [2.05, 4.69) is 34.9 Å². The van der Waals surface area contributed by atoms with Crippen LogP contribution in [0.4, 0.5) is 11.6 Å². The van der Waals surface area contributed by atoms with Gasteiger partial charge in [0.05, 0.1) is 18.0 Å². The summed E-state index contributed by atoms with van der Waals surface area (Å²) < 4.78 is 7.74. The Labute approximate surface area is 114 Å². The zero-order valence-electron chi connectivity index (χ0n) is 12.0. The normalized spacial score (nSPS) is 10.8. The summed E-state index contributed by atoms with van der Waals surface area (Å²) in [6.45, 7) is 8.91. The van der Waals surface area contributed by atoms with Crippen molar-refractivity contribution in [1.29, 1.82) is 0 Å². The number of imidazole rings is 1. The number of hydrogen-bond donors (Lipinski definition) is 1. The number of nitrogens with zero attached hydrogens (tertiary/aromatic N) is 2. The molecule has 0 aliphatic heterocycles. The second-order valence-corrected chi connectivity index (χ2v) is 4.76. The number of benzene rings is 1. The van der Waals surface area contributed by atoms with Crippen LogP contribution in [0.3, 0.4) is 0 Å². The number of rotatable bonds is 5. The third-order valence-corrected chi connectivity index (χ3v) is 2.84. The maximum Gasteiger partial charge on any atom is 0.207 e. The minimum Gasteiger partial charge on any atom is -0.492 e. The van der Waals surface area contributed by atoms with Crippen LogP contribution in [0.5, 0.6) is 5.75 Å². The maximum atomic E-state index is 5.62. The number of nitrogens with one attached hydrogen (secondary N) is 1. The number of aromatic nitrogens is 2. The second-order valence-electron chi connectivity index (χ2n) is 4.76. The van der Waals surface area contributed by atoms with Gasteiger partial charge in [0.2, 0.25) is 5.95 Å². The zero-order valence-corrected chi connectivity index (χ0v) is 12.0. The predicted molar refractivity (Wildman–Crippen MR) is 78.2 cm³/mol. The number of aryl methyl sites for hydroxylation is 1. The lowest BCUT2D eigenvalue weighted by atomic mass is 10.3. The van der Waals surface area contributed by atoms with E-state index in [9.17, 15) is 0 Å². The van der Waals surface area contributed by atoms with Gasteiger partial charge in [-0.1, -0.05) is 12.1 Å². The molecule has 1 heterocycles. The topological polar surface area (TPSA) is 39.1 Å². The van der Waals surface area contributed by atoms with Crippen molar-refractivity contribution in [3.05, 3.63) is 36.2 Å². The third-order valence-electron chi connectivity index (χ3n) is 2.84. The van der Waals surface area contributed by atoms with Gasteiger partial charge in [0.25, 0.3) is 0 Å². The molecule has 0 bridgehead atoms. The smallest absolute Gasteiger partial charge is 0.207 e. The summed E-state index contributed by atoms with van der Waals surface area (Å²) in [5.41, 5.74) is 1.95. The Morgan fingerprint density at radius 3 is 2.74 bits per heavy atom. The Morgan fingerprint density at radius 2 is 2.05 bits per heavy atom. The molecule has 1 aromatic carbocycles. The van der Waals surface area contributed by atoms with Gasteiger partial charge in [-0.3, -0.25) is 0 Å². The molecule has 0 spiro atoms. The zero-order chi connectivity index (χ0) is 13.8. The largest absolute Gasteiger partial charge is 0.492 e. The highest BCUT2D eigenvalue weighted by molar-refractivity contribution is 5.62. The lowest BCUT2D eigenvalue weighted by Gasteiger charge is -2.15. The van der Waals surface area contributed by atoms with Gasteiger partial charge in [-0.05, 0) is 39.8 Å². The number of hydrogen-bond acceptors (Lipinski definition) is 3. The Kier molecular flexibility index (Phi) is 4.10. The van der Waals surface area contributed by atoms with Crippen LogP contribution in [0.25, 0.3) is 0 Å². The molecule has 0 saturated heterocycles. The van der Waals surface area contributed by atoms with Gasteiger partial charge in [0.15, 0.2) is 0 Å². The molecule has 0 atom stereocenters. The Hall–Kier alpha value is -1.97. The first-order valence-electron chi connectivity index (χ1n) is 6.66. The van der Waals surface area contributed by atoms with Crippen LogP contribution in [0.2, 0.25) is 0 Å². The lowest BCUT2D eigenvalue weighted by molar-refractivity contribution is 0.342. The van der Waals surface area contributed by atoms with Gasteiger partial charge < -0.3 is 14.6 Å². The molecular weight excluding hydrogens is 238 g/mol. The highest BCUT2D eigenvalue weighted by Crippen LogP contribution is 2.28. The fourth-order valence-corrected chi connectivity index (χ4v) is 1.97. The van der Waals surface area contributed by atoms with Gasteiger partial charge in [0, 0.05) is 12.2 Å². The Morgan fingerprint density at radius 1 is 1.32 bits per heavy atom. The van der Waals surface area contributed by atoms with Crippen molar-refractivity contribution in [2.45, 2.75) is 33.7 Å². The van der Waals surface area contributed by atoms with E-state index in [0.717, 1.165) is 23.1 Å². The van der Waals surface area contributed by atoms with Crippen LogP contribution >= 0.6 is 0 Å². The Bertz CT molecular complexity index is 546. The predicted octanol–water partition coefficient (Wildman–Crippen LogP) is 3.91. The highest BCUT2D eigenvalue weighted by atomic mass is 16.5. The van der Waals surface area contributed by atoms with E-state index < -0.39 is 0 Å². The van der Waals surface area contributed by atoms with E-state index in [1.54, 1.807) is 0 Å². The molecule has 0 unspecified atom stereocenters. The summed E-state index contributed by atoms with van der Waals surface area (Å²) in [5.74, 6) is 1.70. The SMILES string of the molecule is CCOc1ccccc1Nc1nc(C)cn1C(C)C. The molecule has 102 valence electrons. The van der Waals surface area contributed by atoms with Crippen molar-refractivity contribution < 1.29 is 4.74 Å². The van der Waals surface area contributed by atoms with E-state index in [0.29, 0.717) is 12.6 Å². The van der Waals surface area contributed by atoms with Crippen LogP contribution in [0.1, 0.15) is 32.5 Å². The molecule has 1 aromatic heterocycles. The van der Waals surface area contributed by atoms with Crippen LogP contribution < -0.4 is 10.1 Å². The first kappa shape index (κ1) is 13.5. The molecule has 0 saturated carbocycles. The van der Waals surface area contributed by atoms with Crippen molar-refractivity contribution >= 4 is 11.6 Å². The molecule has 4 heteroatoms. The molecule has 0 radical (unpaired) electrons.